The molecule has 2 fully saturated rings. The van der Waals surface area contributed by atoms with E-state index in [0.717, 1.165) is 18.4 Å². The smallest absolute Gasteiger partial charge is 0.410 e. The van der Waals surface area contributed by atoms with Gasteiger partial charge in [-0.2, -0.15) is 0 Å². The second kappa shape index (κ2) is 9.70. The van der Waals surface area contributed by atoms with Gasteiger partial charge in [-0.1, -0.05) is 36.4 Å². The van der Waals surface area contributed by atoms with Crippen molar-refractivity contribution in [3.8, 4) is 0 Å². The Morgan fingerprint density at radius 1 is 1.09 bits per heavy atom. The van der Waals surface area contributed by atoms with Crippen LogP contribution < -0.4 is 5.48 Å². The van der Waals surface area contributed by atoms with Crippen molar-refractivity contribution in [1.29, 1.82) is 0 Å². The number of rotatable bonds is 4. The lowest BCUT2D eigenvalue weighted by molar-refractivity contribution is -0.151. The summed E-state index contributed by atoms with van der Waals surface area (Å²) in [4.78, 5) is 43.2. The second-order valence-electron chi connectivity index (χ2n) is 8.68. The number of carbonyl (C=O) groups is 3. The van der Waals surface area contributed by atoms with Gasteiger partial charge in [0, 0.05) is 32.7 Å². The lowest BCUT2D eigenvalue weighted by Crippen LogP contribution is -2.61. The summed E-state index contributed by atoms with van der Waals surface area (Å²) in [6.45, 7) is 2.73. The van der Waals surface area contributed by atoms with Crippen LogP contribution in [0.3, 0.4) is 0 Å². The standard InChI is InChI=1S/C23H30N4O5/c1-25-15-18(32-23(30)27-10-5-11-27)14-19(21(28)24-31)20(25)22(29)26-12-8-17(9-13-26)16-6-3-2-4-7-16/h2-4,6-8,18-20,31H,5,9-15H2,1H3,(H,24,28)/t18-,19-,20-/m0/s1. The van der Waals surface area contributed by atoms with E-state index in [2.05, 4.69) is 18.2 Å². The minimum atomic E-state index is -0.819. The Morgan fingerprint density at radius 3 is 2.44 bits per heavy atom. The molecule has 0 bridgehead atoms. The number of likely N-dealkylation sites (N-methyl/N-ethyl adjacent to an activating group) is 1. The van der Waals surface area contributed by atoms with Crippen LogP contribution in [0.15, 0.2) is 36.4 Å². The number of nitrogens with zero attached hydrogens (tertiary/aromatic N) is 3. The maximum atomic E-state index is 13.4. The van der Waals surface area contributed by atoms with Gasteiger partial charge in [-0.25, -0.2) is 10.3 Å². The maximum Gasteiger partial charge on any atom is 0.410 e. The molecule has 2 N–H and O–H groups in total. The number of carbonyl (C=O) groups excluding carboxylic acids is 3. The predicted molar refractivity (Wildman–Crippen MR) is 117 cm³/mol. The number of hydrogen-bond acceptors (Lipinski definition) is 6. The highest BCUT2D eigenvalue weighted by Crippen LogP contribution is 2.29. The molecule has 1 aromatic rings. The van der Waals surface area contributed by atoms with E-state index in [9.17, 15) is 19.6 Å². The van der Waals surface area contributed by atoms with E-state index in [1.54, 1.807) is 27.2 Å². The van der Waals surface area contributed by atoms with Gasteiger partial charge in [0.25, 0.3) is 0 Å². The summed E-state index contributed by atoms with van der Waals surface area (Å²) < 4.78 is 5.58. The molecular formula is C23H30N4O5. The molecule has 3 amide bonds. The molecule has 9 nitrogen and oxygen atoms in total. The first kappa shape index (κ1) is 22.3. The number of likely N-dealkylation sites (tertiary alicyclic amines) is 2. The Morgan fingerprint density at radius 2 is 1.84 bits per heavy atom. The average Bonchev–Trinajstić information content (AvgIpc) is 2.77. The molecule has 0 aliphatic carbocycles. The van der Waals surface area contributed by atoms with Crippen LogP contribution >= 0.6 is 0 Å². The molecular weight excluding hydrogens is 412 g/mol. The fourth-order valence-corrected chi connectivity index (χ4v) is 4.69. The van der Waals surface area contributed by atoms with Gasteiger partial charge in [-0.15, -0.1) is 0 Å². The van der Waals surface area contributed by atoms with E-state index in [0.29, 0.717) is 32.7 Å². The molecule has 2 saturated heterocycles. The lowest BCUT2D eigenvalue weighted by atomic mass is 9.86. The van der Waals surface area contributed by atoms with Gasteiger partial charge in [-0.3, -0.25) is 19.7 Å². The molecule has 3 aliphatic rings. The van der Waals surface area contributed by atoms with E-state index < -0.39 is 30.1 Å². The van der Waals surface area contributed by atoms with Crippen molar-refractivity contribution in [2.45, 2.75) is 31.4 Å². The van der Waals surface area contributed by atoms with Crippen LogP contribution in [0.4, 0.5) is 4.79 Å². The third-order valence-electron chi connectivity index (χ3n) is 6.61. The summed E-state index contributed by atoms with van der Waals surface area (Å²) in [5, 5.41) is 9.28. The van der Waals surface area contributed by atoms with Crippen LogP contribution in [0.25, 0.3) is 5.57 Å². The predicted octanol–water partition coefficient (Wildman–Crippen LogP) is 1.34. The van der Waals surface area contributed by atoms with Crippen LogP contribution in [0.5, 0.6) is 0 Å². The maximum absolute atomic E-state index is 13.4. The Balaban J connectivity index is 1.44. The largest absolute Gasteiger partial charge is 0.445 e. The van der Waals surface area contributed by atoms with Crippen molar-refractivity contribution in [3.05, 3.63) is 42.0 Å². The highest BCUT2D eigenvalue weighted by Gasteiger charge is 2.45. The third-order valence-corrected chi connectivity index (χ3v) is 6.61. The molecule has 0 unspecified atom stereocenters. The molecule has 4 rings (SSSR count). The number of amides is 3. The molecule has 0 spiro atoms. The van der Waals surface area contributed by atoms with E-state index in [-0.39, 0.29) is 12.3 Å². The highest BCUT2D eigenvalue weighted by atomic mass is 16.6. The number of benzene rings is 1. The van der Waals surface area contributed by atoms with Crippen molar-refractivity contribution >= 4 is 23.5 Å². The molecule has 0 saturated carbocycles. The molecule has 172 valence electrons. The van der Waals surface area contributed by atoms with Crippen molar-refractivity contribution < 1.29 is 24.3 Å². The first-order valence-electron chi connectivity index (χ1n) is 11.1. The topological polar surface area (TPSA) is 102 Å². The SMILES string of the molecule is CN1C[C@@H](OC(=O)N2CCC2)C[C@H](C(=O)NO)[C@H]1C(=O)N1CC=C(c2ccccc2)CC1. The summed E-state index contributed by atoms with van der Waals surface area (Å²) >= 11 is 0. The van der Waals surface area contributed by atoms with Gasteiger partial charge in [-0.05, 0) is 37.4 Å². The Labute approximate surface area is 187 Å². The first-order chi connectivity index (χ1) is 15.5. The van der Waals surface area contributed by atoms with Crippen LogP contribution in [0.2, 0.25) is 0 Å². The van der Waals surface area contributed by atoms with Crippen molar-refractivity contribution in [2.24, 2.45) is 5.92 Å². The van der Waals surface area contributed by atoms with Gasteiger partial charge in [0.1, 0.15) is 12.1 Å². The van der Waals surface area contributed by atoms with E-state index in [1.807, 2.05) is 18.2 Å². The molecule has 9 heteroatoms. The Kier molecular flexibility index (Phi) is 6.76. The van der Waals surface area contributed by atoms with Crippen molar-refractivity contribution in [3.63, 3.8) is 0 Å². The monoisotopic (exact) mass is 442 g/mol. The number of nitrogens with one attached hydrogen (secondary N) is 1. The van der Waals surface area contributed by atoms with Gasteiger partial charge in [0.2, 0.25) is 11.8 Å². The molecule has 0 aromatic heterocycles. The van der Waals surface area contributed by atoms with Gasteiger partial charge in [0.05, 0.1) is 5.92 Å². The van der Waals surface area contributed by atoms with E-state index in [1.165, 1.54) is 5.57 Å². The average molecular weight is 443 g/mol. The molecule has 3 heterocycles. The minimum Gasteiger partial charge on any atom is -0.445 e. The Bertz CT molecular complexity index is 886. The number of piperidine rings is 1. The van der Waals surface area contributed by atoms with Crippen molar-refractivity contribution in [1.82, 2.24) is 20.2 Å². The number of ether oxygens (including phenoxy) is 1. The summed E-state index contributed by atoms with van der Waals surface area (Å²) in [6.07, 6.45) is 3.02. The van der Waals surface area contributed by atoms with Crippen molar-refractivity contribution in [2.75, 3.05) is 39.8 Å². The van der Waals surface area contributed by atoms with Gasteiger partial charge >= 0.3 is 6.09 Å². The summed E-state index contributed by atoms with van der Waals surface area (Å²) in [6, 6.07) is 9.35. The van der Waals surface area contributed by atoms with Gasteiger partial charge in [0.15, 0.2) is 0 Å². The van der Waals surface area contributed by atoms with Crippen LogP contribution in [-0.2, 0) is 14.3 Å². The Hall–Kier alpha value is -2.91. The minimum absolute atomic E-state index is 0.156. The summed E-state index contributed by atoms with van der Waals surface area (Å²) in [7, 11) is 1.75. The molecule has 3 atom stereocenters. The summed E-state index contributed by atoms with van der Waals surface area (Å²) in [5.41, 5.74) is 4.05. The second-order valence-corrected chi connectivity index (χ2v) is 8.68. The van der Waals surface area contributed by atoms with Crippen LogP contribution in [0.1, 0.15) is 24.8 Å². The molecule has 0 radical (unpaired) electrons. The molecule has 3 aliphatic heterocycles. The molecule has 1 aromatic carbocycles. The normalized spacial score (nSPS) is 26.1. The quantitative estimate of drug-likeness (QED) is 0.539. The zero-order valence-corrected chi connectivity index (χ0v) is 18.3. The van der Waals surface area contributed by atoms with Crippen LogP contribution in [-0.4, -0.2) is 89.7 Å². The third kappa shape index (κ3) is 4.63. The molecule has 32 heavy (non-hydrogen) atoms. The van der Waals surface area contributed by atoms with E-state index >= 15 is 0 Å². The highest BCUT2D eigenvalue weighted by molar-refractivity contribution is 5.90. The number of hydroxylamine groups is 1. The fraction of sp³-hybridized carbons (Fsp3) is 0.522. The number of hydrogen-bond donors (Lipinski definition) is 2. The zero-order valence-electron chi connectivity index (χ0n) is 18.3. The van der Waals surface area contributed by atoms with E-state index in [4.69, 9.17) is 4.74 Å². The zero-order chi connectivity index (χ0) is 22.7. The first-order valence-corrected chi connectivity index (χ1v) is 11.1. The lowest BCUT2D eigenvalue weighted by Gasteiger charge is -2.43. The fourth-order valence-electron chi connectivity index (χ4n) is 4.69. The summed E-state index contributed by atoms with van der Waals surface area (Å²) in [5.74, 6) is -1.62. The van der Waals surface area contributed by atoms with Gasteiger partial charge < -0.3 is 14.5 Å². The van der Waals surface area contributed by atoms with Crippen LogP contribution in [0, 0.1) is 5.92 Å².